The Labute approximate surface area is 58.0 Å². The van der Waals surface area contributed by atoms with Gasteiger partial charge in [-0.15, -0.1) is 0 Å². The molecule has 0 nitrogen and oxygen atoms in total. The Hall–Kier alpha value is -0.350. The largest absolute Gasteiger partial charge is 0.217 e. The Balaban J connectivity index is 2.26. The molecule has 9 heavy (non-hydrogen) atoms. The van der Waals surface area contributed by atoms with Crippen LogP contribution in [0.5, 0.6) is 0 Å². The quantitative estimate of drug-likeness (QED) is 0.470. The lowest BCUT2D eigenvalue weighted by atomic mass is 9.83. The summed E-state index contributed by atoms with van der Waals surface area (Å²) < 4.78 is 0. The SMILES string of the molecule is C=[C+]C1CCC(C)CC1. The monoisotopic (exact) mass is 123 g/mol. The molecule has 0 amide bonds. The van der Waals surface area contributed by atoms with Crippen molar-refractivity contribution in [1.29, 1.82) is 0 Å². The van der Waals surface area contributed by atoms with Gasteiger partial charge in [0.1, 0.15) is 6.58 Å². The summed E-state index contributed by atoms with van der Waals surface area (Å²) in [5, 5.41) is 0. The van der Waals surface area contributed by atoms with Crippen molar-refractivity contribution in [1.82, 2.24) is 0 Å². The highest BCUT2D eigenvalue weighted by molar-refractivity contribution is 4.76. The summed E-state index contributed by atoms with van der Waals surface area (Å²) in [5.74, 6) is 1.66. The zero-order valence-corrected chi connectivity index (χ0v) is 6.19. The van der Waals surface area contributed by atoms with E-state index in [0.29, 0.717) is 5.92 Å². The van der Waals surface area contributed by atoms with E-state index in [1.54, 1.807) is 0 Å². The molecule has 0 atom stereocenters. The van der Waals surface area contributed by atoms with Crippen molar-refractivity contribution in [3.05, 3.63) is 12.7 Å². The van der Waals surface area contributed by atoms with Crippen LogP contribution in [0.3, 0.4) is 0 Å². The normalized spacial score (nSPS) is 35.7. The molecule has 0 aromatic heterocycles. The molecule has 1 aliphatic carbocycles. The number of hydrogen-bond donors (Lipinski definition) is 0. The summed E-state index contributed by atoms with van der Waals surface area (Å²) in [4.78, 5) is 0. The number of hydrogen-bond acceptors (Lipinski definition) is 0. The van der Waals surface area contributed by atoms with Crippen molar-refractivity contribution < 1.29 is 0 Å². The number of allylic oxidation sites excluding steroid dienone is 1. The molecule has 0 N–H and O–H groups in total. The molecule has 1 fully saturated rings. The average molecular weight is 123 g/mol. The van der Waals surface area contributed by atoms with E-state index in [-0.39, 0.29) is 0 Å². The van der Waals surface area contributed by atoms with Crippen molar-refractivity contribution in [2.75, 3.05) is 0 Å². The minimum atomic E-state index is 0.709. The van der Waals surface area contributed by atoms with Crippen LogP contribution in [0.2, 0.25) is 0 Å². The maximum Gasteiger partial charge on any atom is 0.217 e. The van der Waals surface area contributed by atoms with Crippen molar-refractivity contribution in [3.63, 3.8) is 0 Å². The Morgan fingerprint density at radius 2 is 1.78 bits per heavy atom. The first-order valence-corrected chi connectivity index (χ1v) is 3.85. The second-order valence-corrected chi connectivity index (χ2v) is 3.16. The maximum absolute atomic E-state index is 3.68. The van der Waals surface area contributed by atoms with Crippen molar-refractivity contribution in [2.24, 2.45) is 11.8 Å². The van der Waals surface area contributed by atoms with Crippen LogP contribution in [-0.2, 0) is 0 Å². The summed E-state index contributed by atoms with van der Waals surface area (Å²) in [6.07, 6.45) is 8.49. The first-order valence-electron chi connectivity index (χ1n) is 3.85. The van der Waals surface area contributed by atoms with E-state index >= 15 is 0 Å². The summed E-state index contributed by atoms with van der Waals surface area (Å²) in [5.41, 5.74) is 0. The predicted molar refractivity (Wildman–Crippen MR) is 40.0 cm³/mol. The van der Waals surface area contributed by atoms with E-state index < -0.39 is 0 Å². The van der Waals surface area contributed by atoms with Gasteiger partial charge in [-0.3, -0.25) is 0 Å². The van der Waals surface area contributed by atoms with E-state index in [4.69, 9.17) is 0 Å². The molecule has 1 aliphatic rings. The van der Waals surface area contributed by atoms with Crippen molar-refractivity contribution >= 4 is 0 Å². The molecule has 0 heteroatoms. The van der Waals surface area contributed by atoms with E-state index in [1.165, 1.54) is 25.7 Å². The van der Waals surface area contributed by atoms with Crippen LogP contribution in [0.4, 0.5) is 0 Å². The van der Waals surface area contributed by atoms with Gasteiger partial charge >= 0.3 is 0 Å². The zero-order valence-electron chi connectivity index (χ0n) is 6.19. The van der Waals surface area contributed by atoms with Gasteiger partial charge in [-0.05, 0) is 18.8 Å². The average Bonchev–Trinajstić information content (AvgIpc) is 1.90. The molecule has 0 bridgehead atoms. The molecule has 0 unspecified atom stereocenters. The fourth-order valence-electron chi connectivity index (χ4n) is 1.46. The number of rotatable bonds is 1. The van der Waals surface area contributed by atoms with Crippen LogP contribution >= 0.6 is 0 Å². The van der Waals surface area contributed by atoms with E-state index in [2.05, 4.69) is 19.6 Å². The van der Waals surface area contributed by atoms with Crippen LogP contribution in [-0.4, -0.2) is 0 Å². The summed E-state index contributed by atoms with van der Waals surface area (Å²) in [6, 6.07) is 0. The van der Waals surface area contributed by atoms with Gasteiger partial charge in [0.05, 0.1) is 0 Å². The molecule has 1 saturated carbocycles. The van der Waals surface area contributed by atoms with Gasteiger partial charge in [0, 0.05) is 12.8 Å². The molecule has 0 aliphatic heterocycles. The molecule has 0 aromatic rings. The molecular formula is C9H15+. The highest BCUT2D eigenvalue weighted by atomic mass is 14.2. The minimum Gasteiger partial charge on any atom is -0.0625 e. The van der Waals surface area contributed by atoms with Crippen molar-refractivity contribution in [3.8, 4) is 0 Å². The van der Waals surface area contributed by atoms with Crippen LogP contribution < -0.4 is 0 Å². The molecule has 0 heterocycles. The van der Waals surface area contributed by atoms with Gasteiger partial charge in [0.15, 0.2) is 5.92 Å². The second-order valence-electron chi connectivity index (χ2n) is 3.16. The summed E-state index contributed by atoms with van der Waals surface area (Å²) >= 11 is 0. The molecule has 0 radical (unpaired) electrons. The third-order valence-electron chi connectivity index (χ3n) is 2.30. The smallest absolute Gasteiger partial charge is 0.0625 e. The fourth-order valence-corrected chi connectivity index (χ4v) is 1.46. The molecule has 0 spiro atoms. The first kappa shape index (κ1) is 6.77. The summed E-state index contributed by atoms with van der Waals surface area (Å²) in [6.45, 7) is 6.02. The lowest BCUT2D eigenvalue weighted by molar-refractivity contribution is 0.325. The zero-order chi connectivity index (χ0) is 6.69. The van der Waals surface area contributed by atoms with Gasteiger partial charge in [-0.1, -0.05) is 6.92 Å². The third-order valence-corrected chi connectivity index (χ3v) is 2.30. The van der Waals surface area contributed by atoms with Crippen LogP contribution in [0.25, 0.3) is 0 Å². The van der Waals surface area contributed by atoms with Crippen LogP contribution in [0.1, 0.15) is 32.6 Å². The Bertz CT molecular complexity index is 86.2. The van der Waals surface area contributed by atoms with E-state index in [1.807, 2.05) is 0 Å². The maximum atomic E-state index is 3.68. The third kappa shape index (κ3) is 1.80. The summed E-state index contributed by atoms with van der Waals surface area (Å²) in [7, 11) is 0. The Morgan fingerprint density at radius 1 is 1.22 bits per heavy atom. The molecule has 50 valence electrons. The fraction of sp³-hybridized carbons (Fsp3) is 0.778. The molecular weight excluding hydrogens is 108 g/mol. The molecule has 0 aromatic carbocycles. The van der Waals surface area contributed by atoms with Crippen molar-refractivity contribution in [2.45, 2.75) is 32.6 Å². The molecule has 1 rings (SSSR count). The lowest BCUT2D eigenvalue weighted by Crippen LogP contribution is -2.09. The van der Waals surface area contributed by atoms with Crippen LogP contribution in [0, 0.1) is 17.9 Å². The highest BCUT2D eigenvalue weighted by Crippen LogP contribution is 2.27. The van der Waals surface area contributed by atoms with Crippen LogP contribution in [0.15, 0.2) is 6.58 Å². The van der Waals surface area contributed by atoms with Gasteiger partial charge in [-0.25, -0.2) is 0 Å². The van der Waals surface area contributed by atoms with E-state index in [9.17, 15) is 0 Å². The van der Waals surface area contributed by atoms with Gasteiger partial charge in [-0.2, -0.15) is 0 Å². The standard InChI is InChI=1S/C9H15/c1-3-9-6-4-8(2)5-7-9/h8-9H,1,4-7H2,2H3/q+1. The lowest BCUT2D eigenvalue weighted by Gasteiger charge is -2.17. The van der Waals surface area contributed by atoms with E-state index in [0.717, 1.165) is 5.92 Å². The topological polar surface area (TPSA) is 0 Å². The minimum absolute atomic E-state index is 0.709. The van der Waals surface area contributed by atoms with Gasteiger partial charge in [0.25, 0.3) is 0 Å². The Kier molecular flexibility index (Phi) is 2.24. The van der Waals surface area contributed by atoms with Gasteiger partial charge in [0.2, 0.25) is 6.08 Å². The highest BCUT2D eigenvalue weighted by Gasteiger charge is 2.22. The van der Waals surface area contributed by atoms with Gasteiger partial charge < -0.3 is 0 Å². The predicted octanol–water partition coefficient (Wildman–Crippen LogP) is 2.80. The second kappa shape index (κ2) is 2.98. The molecule has 0 saturated heterocycles. The Morgan fingerprint density at radius 3 is 2.22 bits per heavy atom. The first-order chi connectivity index (χ1) is 4.33.